The predicted octanol–water partition coefficient (Wildman–Crippen LogP) is 4.94. The standard InChI is InChI=1S/C21H18BrN3O2S/c1-3-25-20(27)15-10-13(22)8-9-17(15)24-21(25)28-11-18(26)19-12(2)23-16-7-5-4-6-14(16)19/h4-10,23H,3,11H2,1-2H3. The Bertz CT molecular complexity index is 1280. The maximum absolute atomic E-state index is 12.9. The number of aryl methyl sites for hydroxylation is 1. The van der Waals surface area contributed by atoms with E-state index in [2.05, 4.69) is 25.9 Å². The molecular formula is C21H18BrN3O2S. The van der Waals surface area contributed by atoms with Crippen LogP contribution in [0.5, 0.6) is 0 Å². The van der Waals surface area contributed by atoms with Crippen LogP contribution in [0.1, 0.15) is 23.0 Å². The molecular weight excluding hydrogens is 438 g/mol. The summed E-state index contributed by atoms with van der Waals surface area (Å²) in [6.45, 7) is 4.31. The van der Waals surface area contributed by atoms with Gasteiger partial charge in [0.1, 0.15) is 0 Å². The molecule has 0 bridgehead atoms. The number of carbonyl (C=O) groups is 1. The molecule has 0 radical (unpaired) electrons. The van der Waals surface area contributed by atoms with Crippen molar-refractivity contribution in [2.24, 2.45) is 0 Å². The second-order valence-corrected chi connectivity index (χ2v) is 8.35. The fraction of sp³-hybridized carbons (Fsp3) is 0.190. The number of H-pyrrole nitrogens is 1. The zero-order valence-electron chi connectivity index (χ0n) is 15.5. The lowest BCUT2D eigenvalue weighted by Gasteiger charge is -2.11. The van der Waals surface area contributed by atoms with Crippen molar-refractivity contribution in [3.05, 3.63) is 68.5 Å². The van der Waals surface area contributed by atoms with Crippen LogP contribution in [0, 0.1) is 6.92 Å². The average Bonchev–Trinajstić information content (AvgIpc) is 3.02. The first kappa shape index (κ1) is 19.0. The van der Waals surface area contributed by atoms with Crippen LogP contribution in [0.25, 0.3) is 21.8 Å². The number of carbonyl (C=O) groups excluding carboxylic acids is 1. The lowest BCUT2D eigenvalue weighted by molar-refractivity contribution is 0.102. The largest absolute Gasteiger partial charge is 0.358 e. The van der Waals surface area contributed by atoms with Gasteiger partial charge in [-0.1, -0.05) is 45.9 Å². The summed E-state index contributed by atoms with van der Waals surface area (Å²) in [5, 5.41) is 2.06. The number of thioether (sulfide) groups is 1. The molecule has 2 aromatic heterocycles. The van der Waals surface area contributed by atoms with Gasteiger partial charge in [0.15, 0.2) is 10.9 Å². The first-order valence-electron chi connectivity index (χ1n) is 8.93. The van der Waals surface area contributed by atoms with Gasteiger partial charge in [-0.2, -0.15) is 0 Å². The van der Waals surface area contributed by atoms with E-state index < -0.39 is 0 Å². The number of ketones is 1. The van der Waals surface area contributed by atoms with Crippen LogP contribution < -0.4 is 5.56 Å². The van der Waals surface area contributed by atoms with Crippen LogP contribution in [0.15, 0.2) is 56.9 Å². The van der Waals surface area contributed by atoms with Crippen molar-refractivity contribution < 1.29 is 4.79 Å². The molecule has 2 aromatic carbocycles. The van der Waals surface area contributed by atoms with Crippen LogP contribution in [-0.4, -0.2) is 26.1 Å². The summed E-state index contributed by atoms with van der Waals surface area (Å²) in [6.07, 6.45) is 0. The van der Waals surface area contributed by atoms with Crippen LogP contribution in [0.2, 0.25) is 0 Å². The number of hydrogen-bond acceptors (Lipinski definition) is 4. The number of hydrogen-bond donors (Lipinski definition) is 1. The lowest BCUT2D eigenvalue weighted by atomic mass is 10.1. The molecule has 0 saturated carbocycles. The number of fused-ring (bicyclic) bond motifs is 2. The van der Waals surface area contributed by atoms with Crippen molar-refractivity contribution in [3.63, 3.8) is 0 Å². The van der Waals surface area contributed by atoms with Gasteiger partial charge in [0.25, 0.3) is 5.56 Å². The van der Waals surface area contributed by atoms with Crippen LogP contribution >= 0.6 is 27.7 Å². The van der Waals surface area contributed by atoms with E-state index in [1.165, 1.54) is 11.8 Å². The number of para-hydroxylation sites is 1. The summed E-state index contributed by atoms with van der Waals surface area (Å²) in [6, 6.07) is 13.2. The third-order valence-electron chi connectivity index (χ3n) is 4.70. The molecule has 0 unspecified atom stereocenters. The van der Waals surface area contributed by atoms with Crippen molar-refractivity contribution in [2.45, 2.75) is 25.5 Å². The first-order chi connectivity index (χ1) is 13.5. The van der Waals surface area contributed by atoms with Crippen molar-refractivity contribution in [3.8, 4) is 0 Å². The normalized spacial score (nSPS) is 11.4. The third kappa shape index (κ3) is 3.29. The molecule has 0 atom stereocenters. The summed E-state index contributed by atoms with van der Waals surface area (Å²) in [5.74, 6) is 0.240. The Morgan fingerprint density at radius 3 is 2.79 bits per heavy atom. The number of aromatic amines is 1. The van der Waals surface area contributed by atoms with Crippen molar-refractivity contribution in [1.82, 2.24) is 14.5 Å². The Morgan fingerprint density at radius 1 is 1.21 bits per heavy atom. The number of aromatic nitrogens is 3. The number of nitrogens with zero attached hydrogens (tertiary/aromatic N) is 2. The highest BCUT2D eigenvalue weighted by Crippen LogP contribution is 2.26. The molecule has 0 aliphatic rings. The van der Waals surface area contributed by atoms with E-state index in [1.807, 2.05) is 50.2 Å². The van der Waals surface area contributed by atoms with Gasteiger partial charge in [-0.05, 0) is 38.1 Å². The number of benzene rings is 2. The van der Waals surface area contributed by atoms with Crippen LogP contribution in [0.3, 0.4) is 0 Å². The van der Waals surface area contributed by atoms with Gasteiger partial charge in [-0.25, -0.2) is 4.98 Å². The van der Waals surface area contributed by atoms with Gasteiger partial charge in [-0.3, -0.25) is 14.2 Å². The van der Waals surface area contributed by atoms with E-state index in [9.17, 15) is 9.59 Å². The molecule has 5 nitrogen and oxygen atoms in total. The lowest BCUT2D eigenvalue weighted by Crippen LogP contribution is -2.23. The summed E-state index contributed by atoms with van der Waals surface area (Å²) in [4.78, 5) is 33.7. The third-order valence-corrected chi connectivity index (χ3v) is 6.17. The van der Waals surface area contributed by atoms with E-state index in [4.69, 9.17) is 0 Å². The second-order valence-electron chi connectivity index (χ2n) is 6.49. The number of rotatable bonds is 5. The minimum Gasteiger partial charge on any atom is -0.358 e. The number of nitrogens with one attached hydrogen (secondary N) is 1. The Hall–Kier alpha value is -2.38. The number of halogens is 1. The Kier molecular flexibility index (Phi) is 5.12. The Balaban J connectivity index is 1.68. The van der Waals surface area contributed by atoms with Gasteiger partial charge >= 0.3 is 0 Å². The van der Waals surface area contributed by atoms with Crippen molar-refractivity contribution in [1.29, 1.82) is 0 Å². The molecule has 4 rings (SSSR count). The summed E-state index contributed by atoms with van der Waals surface area (Å²) >= 11 is 4.71. The van der Waals surface area contributed by atoms with E-state index in [0.717, 1.165) is 21.1 Å². The van der Waals surface area contributed by atoms with E-state index in [0.29, 0.717) is 28.2 Å². The molecule has 0 saturated heterocycles. The topological polar surface area (TPSA) is 67.8 Å². The fourth-order valence-electron chi connectivity index (χ4n) is 3.40. The predicted molar refractivity (Wildman–Crippen MR) is 117 cm³/mol. The SMILES string of the molecule is CCn1c(SCC(=O)c2c(C)[nH]c3ccccc23)nc2ccc(Br)cc2c1=O. The summed E-state index contributed by atoms with van der Waals surface area (Å²) < 4.78 is 2.46. The highest BCUT2D eigenvalue weighted by Gasteiger charge is 2.18. The first-order valence-corrected chi connectivity index (χ1v) is 10.7. The monoisotopic (exact) mass is 455 g/mol. The molecule has 1 N–H and O–H groups in total. The molecule has 7 heteroatoms. The highest BCUT2D eigenvalue weighted by molar-refractivity contribution is 9.10. The summed E-state index contributed by atoms with van der Waals surface area (Å²) in [7, 11) is 0. The number of Topliss-reactive ketones (excluding diaryl/α,β-unsaturated/α-hetero) is 1. The molecule has 0 fully saturated rings. The maximum atomic E-state index is 12.9. The van der Waals surface area contributed by atoms with Crippen molar-refractivity contribution >= 4 is 55.3 Å². The molecule has 142 valence electrons. The smallest absolute Gasteiger partial charge is 0.262 e. The van der Waals surface area contributed by atoms with E-state index >= 15 is 0 Å². The van der Waals surface area contributed by atoms with E-state index in [1.54, 1.807) is 10.6 Å². The average molecular weight is 456 g/mol. The fourth-order valence-corrected chi connectivity index (χ4v) is 4.70. The molecule has 0 amide bonds. The zero-order valence-corrected chi connectivity index (χ0v) is 17.9. The van der Waals surface area contributed by atoms with Gasteiger partial charge in [-0.15, -0.1) is 0 Å². The molecule has 0 spiro atoms. The maximum Gasteiger partial charge on any atom is 0.262 e. The van der Waals surface area contributed by atoms with E-state index in [-0.39, 0.29) is 17.1 Å². The van der Waals surface area contributed by atoms with Gasteiger partial charge < -0.3 is 4.98 Å². The minimum atomic E-state index is -0.0907. The minimum absolute atomic E-state index is 0.0211. The second kappa shape index (κ2) is 7.56. The van der Waals surface area contributed by atoms with Gasteiger partial charge in [0.05, 0.1) is 16.7 Å². The van der Waals surface area contributed by atoms with Crippen molar-refractivity contribution in [2.75, 3.05) is 5.75 Å². The molecule has 4 aromatic rings. The highest BCUT2D eigenvalue weighted by atomic mass is 79.9. The van der Waals surface area contributed by atoms with Crippen LogP contribution in [-0.2, 0) is 6.54 Å². The quantitative estimate of drug-likeness (QED) is 0.262. The zero-order chi connectivity index (χ0) is 19.8. The summed E-state index contributed by atoms with van der Waals surface area (Å²) in [5.41, 5.74) is 3.06. The van der Waals surface area contributed by atoms with Crippen LogP contribution in [0.4, 0.5) is 0 Å². The Labute approximate surface area is 174 Å². The molecule has 2 heterocycles. The molecule has 0 aliphatic heterocycles. The molecule has 0 aliphatic carbocycles. The van der Waals surface area contributed by atoms with Gasteiger partial charge in [0.2, 0.25) is 0 Å². The van der Waals surface area contributed by atoms with Gasteiger partial charge in [0, 0.05) is 33.2 Å². The molecule has 28 heavy (non-hydrogen) atoms. The Morgan fingerprint density at radius 2 is 2.00 bits per heavy atom.